The summed E-state index contributed by atoms with van der Waals surface area (Å²) in [7, 11) is 0. The molecule has 0 unspecified atom stereocenters. The number of aromatic nitrogens is 2. The van der Waals surface area contributed by atoms with Crippen LogP contribution in [0.3, 0.4) is 0 Å². The van der Waals surface area contributed by atoms with E-state index in [1.165, 1.54) is 16.6 Å². The number of benzene rings is 3. The zero-order valence-corrected chi connectivity index (χ0v) is 23.1. The molecule has 1 N–H and O–H groups in total. The number of nitrogens with zero attached hydrogens (tertiary/aromatic N) is 2. The lowest BCUT2D eigenvalue weighted by Gasteiger charge is -2.19. The molecule has 0 aliphatic heterocycles. The Kier molecular flexibility index (Phi) is 9.58. The summed E-state index contributed by atoms with van der Waals surface area (Å²) in [5.74, 6) is 2.12. The molecule has 0 aliphatic rings. The van der Waals surface area contributed by atoms with Crippen molar-refractivity contribution in [2.24, 2.45) is 0 Å². The summed E-state index contributed by atoms with van der Waals surface area (Å²) in [5.41, 5.74) is 4.87. The molecule has 4 aromatic rings. The third kappa shape index (κ3) is 7.95. The Morgan fingerprint density at radius 2 is 1.61 bits per heavy atom. The number of hydrogen-bond acceptors (Lipinski definition) is 3. The first-order chi connectivity index (χ1) is 18.4. The predicted octanol–water partition coefficient (Wildman–Crippen LogP) is 6.87. The normalized spacial score (nSPS) is 11.6. The van der Waals surface area contributed by atoms with Gasteiger partial charge in [-0.3, -0.25) is 4.79 Å². The molecule has 0 aliphatic carbocycles. The van der Waals surface area contributed by atoms with Gasteiger partial charge in [0.05, 0.1) is 17.6 Å². The molecule has 0 fully saturated rings. The monoisotopic (exact) mass is 511 g/mol. The minimum absolute atomic E-state index is 0.107. The quantitative estimate of drug-likeness (QED) is 0.199. The van der Waals surface area contributed by atoms with Gasteiger partial charge in [-0.05, 0) is 66.5 Å². The van der Waals surface area contributed by atoms with Crippen molar-refractivity contribution >= 4 is 16.9 Å². The molecule has 0 saturated carbocycles. The molecule has 0 radical (unpaired) electrons. The Hall–Kier alpha value is -3.60. The predicted molar refractivity (Wildman–Crippen MR) is 156 cm³/mol. The summed E-state index contributed by atoms with van der Waals surface area (Å²) in [4.78, 5) is 17.2. The van der Waals surface area contributed by atoms with Crippen LogP contribution in [0, 0.1) is 0 Å². The van der Waals surface area contributed by atoms with Crippen LogP contribution in [0.4, 0.5) is 0 Å². The second kappa shape index (κ2) is 13.3. The molecule has 1 heterocycles. The van der Waals surface area contributed by atoms with E-state index in [0.717, 1.165) is 55.7 Å². The van der Waals surface area contributed by atoms with Crippen LogP contribution in [0.5, 0.6) is 5.75 Å². The van der Waals surface area contributed by atoms with E-state index in [-0.39, 0.29) is 11.3 Å². The van der Waals surface area contributed by atoms with Crippen molar-refractivity contribution in [2.75, 3.05) is 13.2 Å². The summed E-state index contributed by atoms with van der Waals surface area (Å²) in [6, 6.07) is 26.9. The Morgan fingerprint density at radius 1 is 0.868 bits per heavy atom. The summed E-state index contributed by atoms with van der Waals surface area (Å²) in [5, 5.41) is 3.07. The fourth-order valence-electron chi connectivity index (χ4n) is 4.64. The summed E-state index contributed by atoms with van der Waals surface area (Å²) in [6.07, 6.45) is 4.99. The zero-order valence-electron chi connectivity index (χ0n) is 23.1. The van der Waals surface area contributed by atoms with Gasteiger partial charge in [0.2, 0.25) is 5.91 Å². The highest BCUT2D eigenvalue weighted by Crippen LogP contribution is 2.24. The Labute approximate surface area is 227 Å². The minimum Gasteiger partial charge on any atom is -0.494 e. The highest BCUT2D eigenvalue weighted by Gasteiger charge is 2.13. The van der Waals surface area contributed by atoms with E-state index in [0.29, 0.717) is 19.6 Å². The molecule has 0 bridgehead atoms. The summed E-state index contributed by atoms with van der Waals surface area (Å²) in [6.45, 7) is 8.94. The lowest BCUT2D eigenvalue weighted by Crippen LogP contribution is -2.25. The smallest absolute Gasteiger partial charge is 0.220 e. The van der Waals surface area contributed by atoms with Gasteiger partial charge in [0, 0.05) is 25.9 Å². The van der Waals surface area contributed by atoms with Crippen molar-refractivity contribution in [3.63, 3.8) is 0 Å². The van der Waals surface area contributed by atoms with Gasteiger partial charge in [-0.2, -0.15) is 0 Å². The van der Waals surface area contributed by atoms with Gasteiger partial charge >= 0.3 is 0 Å². The first-order valence-corrected chi connectivity index (χ1v) is 13.9. The van der Waals surface area contributed by atoms with E-state index in [1.807, 2.05) is 24.3 Å². The Morgan fingerprint density at radius 3 is 2.37 bits per heavy atom. The molecule has 200 valence electrons. The highest BCUT2D eigenvalue weighted by molar-refractivity contribution is 5.76. The summed E-state index contributed by atoms with van der Waals surface area (Å²) < 4.78 is 8.33. The maximum Gasteiger partial charge on any atom is 0.220 e. The molecule has 5 heteroatoms. The molecule has 0 spiro atoms. The van der Waals surface area contributed by atoms with Crippen molar-refractivity contribution in [3.8, 4) is 5.75 Å². The number of hydrogen-bond donors (Lipinski definition) is 1. The van der Waals surface area contributed by atoms with Crippen LogP contribution in [0.15, 0.2) is 78.9 Å². The Balaban J connectivity index is 1.22. The lowest BCUT2D eigenvalue weighted by molar-refractivity contribution is -0.121. The Bertz CT molecular complexity index is 1290. The van der Waals surface area contributed by atoms with E-state index in [4.69, 9.17) is 9.72 Å². The van der Waals surface area contributed by atoms with Crippen LogP contribution in [0.1, 0.15) is 63.4 Å². The fourth-order valence-corrected chi connectivity index (χ4v) is 4.64. The third-order valence-corrected chi connectivity index (χ3v) is 6.88. The van der Waals surface area contributed by atoms with E-state index in [1.54, 1.807) is 0 Å². The molecule has 1 amide bonds. The first kappa shape index (κ1) is 27.4. The molecule has 3 aromatic carbocycles. The number of fused-ring (bicyclic) bond motifs is 1. The molecule has 5 nitrogen and oxygen atoms in total. The van der Waals surface area contributed by atoms with Crippen LogP contribution in [0.2, 0.25) is 0 Å². The van der Waals surface area contributed by atoms with Gasteiger partial charge in [-0.1, -0.05) is 75.4 Å². The first-order valence-electron chi connectivity index (χ1n) is 13.9. The zero-order chi connectivity index (χ0) is 26.8. The second-order valence-electron chi connectivity index (χ2n) is 10.9. The highest BCUT2D eigenvalue weighted by atomic mass is 16.5. The second-order valence-corrected chi connectivity index (χ2v) is 10.9. The van der Waals surface area contributed by atoms with Gasteiger partial charge in [-0.15, -0.1) is 0 Å². The molecule has 0 atom stereocenters. The van der Waals surface area contributed by atoms with E-state index in [9.17, 15) is 4.79 Å². The van der Waals surface area contributed by atoms with Crippen molar-refractivity contribution in [3.05, 3.63) is 95.8 Å². The van der Waals surface area contributed by atoms with E-state index in [2.05, 4.69) is 85.3 Å². The molecular weight excluding hydrogens is 470 g/mol. The van der Waals surface area contributed by atoms with Crippen molar-refractivity contribution in [1.82, 2.24) is 14.9 Å². The van der Waals surface area contributed by atoms with Gasteiger partial charge < -0.3 is 14.6 Å². The van der Waals surface area contributed by atoms with E-state index >= 15 is 0 Å². The number of carbonyl (C=O) groups is 1. The van der Waals surface area contributed by atoms with Crippen molar-refractivity contribution < 1.29 is 9.53 Å². The van der Waals surface area contributed by atoms with E-state index < -0.39 is 0 Å². The van der Waals surface area contributed by atoms with Crippen LogP contribution in [0.25, 0.3) is 11.0 Å². The largest absolute Gasteiger partial charge is 0.494 e. The van der Waals surface area contributed by atoms with Crippen molar-refractivity contribution in [2.45, 2.75) is 71.3 Å². The molecule has 4 rings (SSSR count). The third-order valence-electron chi connectivity index (χ3n) is 6.88. The van der Waals surface area contributed by atoms with Crippen LogP contribution >= 0.6 is 0 Å². The maximum absolute atomic E-state index is 12.3. The average molecular weight is 512 g/mol. The number of imidazole rings is 1. The van der Waals surface area contributed by atoms with Crippen LogP contribution in [-0.2, 0) is 29.6 Å². The number of rotatable bonds is 13. The van der Waals surface area contributed by atoms with Crippen LogP contribution < -0.4 is 10.1 Å². The van der Waals surface area contributed by atoms with Gasteiger partial charge in [-0.25, -0.2) is 4.98 Å². The SMILES string of the molecule is CC(C)(C)c1ccc(OCCCCn2c(CCCNC(=O)CCc3ccccc3)nc3ccccc32)cc1. The fraction of sp³-hybridized carbons (Fsp3) is 0.394. The maximum atomic E-state index is 12.3. The van der Waals surface area contributed by atoms with Crippen molar-refractivity contribution in [1.29, 1.82) is 0 Å². The number of para-hydroxylation sites is 2. The number of carbonyl (C=O) groups excluding carboxylic acids is 1. The summed E-state index contributed by atoms with van der Waals surface area (Å²) >= 11 is 0. The lowest BCUT2D eigenvalue weighted by atomic mass is 9.87. The molecule has 38 heavy (non-hydrogen) atoms. The van der Waals surface area contributed by atoms with Gasteiger partial charge in [0.15, 0.2) is 0 Å². The number of nitrogens with one attached hydrogen (secondary N) is 1. The molecule has 1 aromatic heterocycles. The van der Waals surface area contributed by atoms with Crippen LogP contribution in [-0.4, -0.2) is 28.6 Å². The molecular formula is C33H41N3O2. The number of aryl methyl sites for hydroxylation is 3. The molecule has 0 saturated heterocycles. The minimum atomic E-state index is 0.107. The number of unbranched alkanes of at least 4 members (excludes halogenated alkanes) is 1. The topological polar surface area (TPSA) is 56.1 Å². The number of ether oxygens (including phenoxy) is 1. The van der Waals surface area contributed by atoms with Gasteiger partial charge in [0.1, 0.15) is 11.6 Å². The average Bonchev–Trinajstić information content (AvgIpc) is 3.27. The van der Waals surface area contributed by atoms with Gasteiger partial charge in [0.25, 0.3) is 0 Å². The standard InChI is InChI=1S/C33H41N3O2/c1-33(2,3)27-18-20-28(21-19-27)38-25-10-9-24-36-30-15-8-7-14-29(30)35-31(36)16-11-23-34-32(37)22-17-26-12-5-4-6-13-26/h4-8,12-15,18-21H,9-11,16-17,22-25H2,1-3H3,(H,34,37). The number of amides is 1.